The zero-order chi connectivity index (χ0) is 9.97. The Balaban J connectivity index is 2.48. The predicted molar refractivity (Wildman–Crippen MR) is 52.2 cm³/mol. The van der Waals surface area contributed by atoms with Gasteiger partial charge >= 0.3 is 0 Å². The molecule has 0 fully saturated rings. The van der Waals surface area contributed by atoms with Gasteiger partial charge in [-0.2, -0.15) is 5.10 Å². The van der Waals surface area contributed by atoms with Crippen molar-refractivity contribution in [2.45, 2.75) is 0 Å². The van der Waals surface area contributed by atoms with E-state index in [2.05, 4.69) is 31.0 Å². The number of aromatic nitrogens is 4. The Kier molecular flexibility index (Phi) is 2.36. The van der Waals surface area contributed by atoms with Crippen molar-refractivity contribution in [3.63, 3.8) is 0 Å². The maximum Gasteiger partial charge on any atom is 0.250 e. The van der Waals surface area contributed by atoms with Gasteiger partial charge in [0.05, 0.1) is 5.56 Å². The van der Waals surface area contributed by atoms with Crippen LogP contribution in [0.15, 0.2) is 29.3 Å². The van der Waals surface area contributed by atoms with E-state index >= 15 is 0 Å². The first-order valence-electron chi connectivity index (χ1n) is 3.79. The van der Waals surface area contributed by atoms with E-state index in [1.165, 1.54) is 4.68 Å². The van der Waals surface area contributed by atoms with Crippen molar-refractivity contribution in [1.82, 2.24) is 19.7 Å². The van der Waals surface area contributed by atoms with Crippen molar-refractivity contribution in [3.05, 3.63) is 34.8 Å². The van der Waals surface area contributed by atoms with E-state index in [4.69, 9.17) is 0 Å². The summed E-state index contributed by atoms with van der Waals surface area (Å²) < 4.78 is 1.92. The number of halogens is 1. The van der Waals surface area contributed by atoms with Crippen LogP contribution in [0.3, 0.4) is 0 Å². The number of hydrogen-bond acceptors (Lipinski definition) is 4. The molecule has 0 unspecified atom stereocenters. The molecule has 2 heterocycles. The monoisotopic (exact) mass is 252 g/mol. The Morgan fingerprint density at radius 3 is 2.64 bits per heavy atom. The van der Waals surface area contributed by atoms with Crippen LogP contribution in [0.2, 0.25) is 0 Å². The van der Waals surface area contributed by atoms with E-state index in [0.717, 1.165) is 6.29 Å². The van der Waals surface area contributed by atoms with E-state index in [1.54, 1.807) is 24.7 Å². The zero-order valence-electron chi connectivity index (χ0n) is 6.96. The molecule has 2 aromatic rings. The quantitative estimate of drug-likeness (QED) is 0.755. The Morgan fingerprint density at radius 1 is 1.36 bits per heavy atom. The van der Waals surface area contributed by atoms with Crippen LogP contribution in [0.4, 0.5) is 0 Å². The van der Waals surface area contributed by atoms with Crippen molar-refractivity contribution in [3.8, 4) is 5.95 Å². The normalized spacial score (nSPS) is 10.1. The van der Waals surface area contributed by atoms with Gasteiger partial charge in [0, 0.05) is 18.6 Å². The third-order valence-corrected chi connectivity index (χ3v) is 2.20. The summed E-state index contributed by atoms with van der Waals surface area (Å²) >= 11 is 3.16. The van der Waals surface area contributed by atoms with Crippen LogP contribution in [0.5, 0.6) is 0 Å². The van der Waals surface area contributed by atoms with Crippen LogP contribution < -0.4 is 0 Å². The van der Waals surface area contributed by atoms with Gasteiger partial charge in [-0.3, -0.25) is 4.79 Å². The van der Waals surface area contributed by atoms with Crippen LogP contribution >= 0.6 is 15.9 Å². The average molecular weight is 253 g/mol. The molecular weight excluding hydrogens is 248 g/mol. The molecule has 6 heteroatoms. The van der Waals surface area contributed by atoms with Crippen molar-refractivity contribution < 1.29 is 4.79 Å². The smallest absolute Gasteiger partial charge is 0.250 e. The summed E-state index contributed by atoms with van der Waals surface area (Å²) in [6, 6.07) is 1.71. The number of hydrogen-bond donors (Lipinski definition) is 0. The molecule has 0 aliphatic rings. The van der Waals surface area contributed by atoms with Crippen LogP contribution in [0.1, 0.15) is 10.4 Å². The molecule has 0 amide bonds. The van der Waals surface area contributed by atoms with Gasteiger partial charge < -0.3 is 0 Å². The molecule has 0 saturated heterocycles. The second-order valence-corrected chi connectivity index (χ2v) is 3.24. The average Bonchev–Trinajstić information content (AvgIpc) is 2.61. The fraction of sp³-hybridized carbons (Fsp3) is 0. The number of rotatable bonds is 2. The lowest BCUT2D eigenvalue weighted by molar-refractivity contribution is 0.112. The summed E-state index contributed by atoms with van der Waals surface area (Å²) in [7, 11) is 0. The van der Waals surface area contributed by atoms with E-state index in [9.17, 15) is 4.79 Å². The summed E-state index contributed by atoms with van der Waals surface area (Å²) in [5.74, 6) is 0.432. The van der Waals surface area contributed by atoms with Gasteiger partial charge in [0.15, 0.2) is 6.29 Å². The topological polar surface area (TPSA) is 60.7 Å². The van der Waals surface area contributed by atoms with E-state index < -0.39 is 0 Å². The van der Waals surface area contributed by atoms with Gasteiger partial charge in [-0.05, 0) is 22.0 Å². The standard InChI is InChI=1S/C8H5BrN4O/c9-7-6(5-14)4-13(12-7)8-10-2-1-3-11-8/h1-5H. The van der Waals surface area contributed by atoms with Gasteiger partial charge in [-0.15, -0.1) is 0 Å². The zero-order valence-corrected chi connectivity index (χ0v) is 8.55. The summed E-state index contributed by atoms with van der Waals surface area (Å²) in [5.41, 5.74) is 0.470. The summed E-state index contributed by atoms with van der Waals surface area (Å²) in [5, 5.41) is 4.03. The Labute approximate surface area is 87.9 Å². The Bertz CT molecular complexity index is 454. The number of carbonyl (C=O) groups excluding carboxylic acids is 1. The maximum atomic E-state index is 10.5. The predicted octanol–water partition coefficient (Wildman–Crippen LogP) is 1.24. The van der Waals surface area contributed by atoms with Crippen LogP contribution in [-0.4, -0.2) is 26.0 Å². The van der Waals surface area contributed by atoms with Crippen molar-refractivity contribution >= 4 is 22.2 Å². The minimum Gasteiger partial charge on any atom is -0.298 e. The first-order chi connectivity index (χ1) is 6.81. The summed E-state index contributed by atoms with van der Waals surface area (Å²) in [6.45, 7) is 0. The first-order valence-corrected chi connectivity index (χ1v) is 4.58. The molecule has 14 heavy (non-hydrogen) atoms. The molecule has 0 aliphatic carbocycles. The van der Waals surface area contributed by atoms with E-state index in [1.807, 2.05) is 0 Å². The minimum absolute atomic E-state index is 0.432. The number of carbonyl (C=O) groups is 1. The van der Waals surface area contributed by atoms with Crippen molar-refractivity contribution in [2.75, 3.05) is 0 Å². The highest BCUT2D eigenvalue weighted by Crippen LogP contribution is 2.13. The molecule has 0 N–H and O–H groups in total. The molecular formula is C8H5BrN4O. The number of nitrogens with zero attached hydrogens (tertiary/aromatic N) is 4. The van der Waals surface area contributed by atoms with Crippen LogP contribution in [0, 0.1) is 0 Å². The van der Waals surface area contributed by atoms with Gasteiger partial charge in [0.25, 0.3) is 0 Å². The number of aldehydes is 1. The lowest BCUT2D eigenvalue weighted by Gasteiger charge is -1.95. The maximum absolute atomic E-state index is 10.5. The van der Waals surface area contributed by atoms with E-state index in [0.29, 0.717) is 16.1 Å². The van der Waals surface area contributed by atoms with Crippen molar-refractivity contribution in [1.29, 1.82) is 0 Å². The molecule has 0 saturated carbocycles. The van der Waals surface area contributed by atoms with E-state index in [-0.39, 0.29) is 0 Å². The minimum atomic E-state index is 0.432. The highest BCUT2D eigenvalue weighted by molar-refractivity contribution is 9.10. The van der Waals surface area contributed by atoms with Gasteiger partial charge in [0.1, 0.15) is 4.60 Å². The SMILES string of the molecule is O=Cc1cn(-c2ncccn2)nc1Br. The largest absolute Gasteiger partial charge is 0.298 e. The van der Waals surface area contributed by atoms with Gasteiger partial charge in [-0.1, -0.05) is 0 Å². The molecule has 2 rings (SSSR count). The second kappa shape index (κ2) is 3.67. The molecule has 0 aromatic carbocycles. The lowest BCUT2D eigenvalue weighted by Crippen LogP contribution is -1.99. The molecule has 2 aromatic heterocycles. The fourth-order valence-corrected chi connectivity index (χ4v) is 1.32. The lowest BCUT2D eigenvalue weighted by atomic mass is 10.4. The highest BCUT2D eigenvalue weighted by Gasteiger charge is 2.07. The third kappa shape index (κ3) is 1.56. The van der Waals surface area contributed by atoms with Gasteiger partial charge in [0.2, 0.25) is 5.95 Å². The molecule has 0 spiro atoms. The fourth-order valence-electron chi connectivity index (χ4n) is 0.957. The Morgan fingerprint density at radius 2 is 2.07 bits per heavy atom. The second-order valence-electron chi connectivity index (χ2n) is 2.49. The van der Waals surface area contributed by atoms with Crippen LogP contribution in [-0.2, 0) is 0 Å². The summed E-state index contributed by atoms with van der Waals surface area (Å²) in [4.78, 5) is 18.5. The van der Waals surface area contributed by atoms with Crippen molar-refractivity contribution in [2.24, 2.45) is 0 Å². The molecule has 70 valence electrons. The third-order valence-electron chi connectivity index (χ3n) is 1.58. The van der Waals surface area contributed by atoms with Gasteiger partial charge in [-0.25, -0.2) is 14.6 Å². The van der Waals surface area contributed by atoms with Crippen LogP contribution in [0.25, 0.3) is 5.95 Å². The molecule has 0 bridgehead atoms. The first kappa shape index (κ1) is 9.01. The summed E-state index contributed by atoms with van der Waals surface area (Å²) in [6.07, 6.45) is 5.50. The molecule has 0 radical (unpaired) electrons. The molecule has 0 aliphatic heterocycles. The highest BCUT2D eigenvalue weighted by atomic mass is 79.9. The Hall–Kier alpha value is -1.56. The molecule has 5 nitrogen and oxygen atoms in total. The molecule has 0 atom stereocenters.